The van der Waals surface area contributed by atoms with Gasteiger partial charge in [-0.05, 0) is 48.9 Å². The zero-order valence-electron chi connectivity index (χ0n) is 11.3. The van der Waals surface area contributed by atoms with Gasteiger partial charge in [-0.15, -0.1) is 0 Å². The molecule has 1 amide bonds. The summed E-state index contributed by atoms with van der Waals surface area (Å²) in [6.07, 6.45) is 0. The fourth-order valence-electron chi connectivity index (χ4n) is 1.80. The Morgan fingerprint density at radius 2 is 1.76 bits per heavy atom. The van der Waals surface area contributed by atoms with Crippen LogP contribution in [0.15, 0.2) is 36.4 Å². The number of nitrogens with two attached hydrogens (primary N) is 1. The molecule has 5 N–H and O–H groups in total. The van der Waals surface area contributed by atoms with Crippen LogP contribution >= 0.6 is 0 Å². The molecule has 0 atom stereocenters. The van der Waals surface area contributed by atoms with Gasteiger partial charge < -0.3 is 21.3 Å². The fourth-order valence-corrected chi connectivity index (χ4v) is 1.80. The number of hydrogen-bond donors (Lipinski definition) is 4. The number of nitrogens with one attached hydrogen (secondary N) is 1. The molecule has 0 heterocycles. The maximum atomic E-state index is 12.1. The van der Waals surface area contributed by atoms with Gasteiger partial charge >= 0.3 is 5.97 Å². The average molecular weight is 286 g/mol. The van der Waals surface area contributed by atoms with Crippen LogP contribution in [0.3, 0.4) is 0 Å². The van der Waals surface area contributed by atoms with Crippen LogP contribution in [0.25, 0.3) is 0 Å². The molecule has 2 rings (SSSR count). The molecule has 0 saturated carbocycles. The first-order chi connectivity index (χ1) is 9.88. The molecule has 0 saturated heterocycles. The molecule has 6 heteroatoms. The SMILES string of the molecule is Cc1cc(C(=O)Nc2ccc(C(=O)O)cc2N)ccc1O. The van der Waals surface area contributed by atoms with Crippen molar-refractivity contribution in [3.8, 4) is 5.75 Å². The molecular formula is C15H14N2O4. The van der Waals surface area contributed by atoms with E-state index in [2.05, 4.69) is 5.32 Å². The molecule has 21 heavy (non-hydrogen) atoms. The Morgan fingerprint density at radius 1 is 1.10 bits per heavy atom. The van der Waals surface area contributed by atoms with Gasteiger partial charge in [-0.3, -0.25) is 4.79 Å². The highest BCUT2D eigenvalue weighted by atomic mass is 16.4. The molecule has 0 fully saturated rings. The van der Waals surface area contributed by atoms with Gasteiger partial charge in [0.25, 0.3) is 5.91 Å². The van der Waals surface area contributed by atoms with Crippen LogP contribution in [0.4, 0.5) is 11.4 Å². The predicted molar refractivity (Wildman–Crippen MR) is 78.6 cm³/mol. The Morgan fingerprint density at radius 3 is 2.33 bits per heavy atom. The number of nitrogen functional groups attached to an aromatic ring is 1. The molecule has 0 aliphatic rings. The summed E-state index contributed by atoms with van der Waals surface area (Å²) in [7, 11) is 0. The first-order valence-corrected chi connectivity index (χ1v) is 6.12. The number of aromatic hydroxyl groups is 1. The molecule has 2 aromatic rings. The number of phenols is 1. The lowest BCUT2D eigenvalue weighted by molar-refractivity contribution is 0.0697. The van der Waals surface area contributed by atoms with E-state index in [-0.39, 0.29) is 17.0 Å². The van der Waals surface area contributed by atoms with Crippen LogP contribution in [-0.4, -0.2) is 22.1 Å². The Kier molecular flexibility index (Phi) is 3.80. The summed E-state index contributed by atoms with van der Waals surface area (Å²) in [6, 6.07) is 8.54. The lowest BCUT2D eigenvalue weighted by Crippen LogP contribution is -2.13. The number of carbonyl (C=O) groups is 2. The highest BCUT2D eigenvalue weighted by Gasteiger charge is 2.11. The molecule has 2 aromatic carbocycles. The van der Waals surface area contributed by atoms with E-state index < -0.39 is 11.9 Å². The largest absolute Gasteiger partial charge is 0.508 e. The minimum atomic E-state index is -1.09. The van der Waals surface area contributed by atoms with Crippen molar-refractivity contribution in [2.75, 3.05) is 11.1 Å². The summed E-state index contributed by atoms with van der Waals surface area (Å²) < 4.78 is 0. The fraction of sp³-hybridized carbons (Fsp3) is 0.0667. The number of carboxylic acids is 1. The number of aryl methyl sites for hydroxylation is 1. The van der Waals surface area contributed by atoms with Crippen LogP contribution < -0.4 is 11.1 Å². The first kappa shape index (κ1) is 14.4. The molecular weight excluding hydrogens is 272 g/mol. The van der Waals surface area contributed by atoms with E-state index in [1.165, 1.54) is 30.3 Å². The number of carboxylic acid groups (broad SMARTS) is 1. The van der Waals surface area contributed by atoms with Gasteiger partial charge in [0.2, 0.25) is 0 Å². The summed E-state index contributed by atoms with van der Waals surface area (Å²) in [6.45, 7) is 1.68. The van der Waals surface area contributed by atoms with Crippen molar-refractivity contribution >= 4 is 23.3 Å². The van der Waals surface area contributed by atoms with Crippen LogP contribution in [0.5, 0.6) is 5.75 Å². The summed E-state index contributed by atoms with van der Waals surface area (Å²) in [5.41, 5.74) is 7.21. The smallest absolute Gasteiger partial charge is 0.335 e. The molecule has 0 aliphatic heterocycles. The number of benzene rings is 2. The number of hydrogen-bond acceptors (Lipinski definition) is 4. The van der Waals surface area contributed by atoms with E-state index >= 15 is 0 Å². The Hall–Kier alpha value is -3.02. The van der Waals surface area contributed by atoms with Crippen LogP contribution in [-0.2, 0) is 0 Å². The Bertz CT molecular complexity index is 726. The normalized spacial score (nSPS) is 10.1. The van der Waals surface area contributed by atoms with Crippen molar-refractivity contribution in [1.29, 1.82) is 0 Å². The van der Waals surface area contributed by atoms with Gasteiger partial charge in [0, 0.05) is 5.56 Å². The molecule has 0 radical (unpaired) electrons. The lowest BCUT2D eigenvalue weighted by Gasteiger charge is -2.09. The Labute approximate surface area is 120 Å². The molecule has 0 bridgehead atoms. The van der Waals surface area contributed by atoms with Crippen molar-refractivity contribution in [3.05, 3.63) is 53.1 Å². The summed E-state index contributed by atoms with van der Waals surface area (Å²) in [5, 5.41) is 20.9. The zero-order valence-corrected chi connectivity index (χ0v) is 11.3. The number of amides is 1. The third-order valence-corrected chi connectivity index (χ3v) is 3.01. The minimum Gasteiger partial charge on any atom is -0.508 e. The highest BCUT2D eigenvalue weighted by molar-refractivity contribution is 6.06. The van der Waals surface area contributed by atoms with E-state index in [1.54, 1.807) is 13.0 Å². The van der Waals surface area contributed by atoms with Crippen LogP contribution in [0, 0.1) is 6.92 Å². The quantitative estimate of drug-likeness (QED) is 0.646. The van der Waals surface area contributed by atoms with Gasteiger partial charge in [0.1, 0.15) is 5.75 Å². The van der Waals surface area contributed by atoms with Gasteiger partial charge in [-0.1, -0.05) is 0 Å². The van der Waals surface area contributed by atoms with Crippen molar-refractivity contribution < 1.29 is 19.8 Å². The molecule has 108 valence electrons. The first-order valence-electron chi connectivity index (χ1n) is 6.12. The minimum absolute atomic E-state index is 0.0472. The highest BCUT2D eigenvalue weighted by Crippen LogP contribution is 2.22. The zero-order chi connectivity index (χ0) is 15.6. The number of anilines is 2. The van der Waals surface area contributed by atoms with Crippen molar-refractivity contribution in [2.24, 2.45) is 0 Å². The van der Waals surface area contributed by atoms with E-state index in [1.807, 2.05) is 0 Å². The van der Waals surface area contributed by atoms with Gasteiger partial charge in [-0.2, -0.15) is 0 Å². The van der Waals surface area contributed by atoms with Gasteiger partial charge in [0.05, 0.1) is 16.9 Å². The summed E-state index contributed by atoms with van der Waals surface area (Å²) in [5.74, 6) is -1.38. The molecule has 6 nitrogen and oxygen atoms in total. The summed E-state index contributed by atoms with van der Waals surface area (Å²) >= 11 is 0. The van der Waals surface area contributed by atoms with Crippen molar-refractivity contribution in [3.63, 3.8) is 0 Å². The third kappa shape index (κ3) is 3.11. The maximum absolute atomic E-state index is 12.1. The average Bonchev–Trinajstić information content (AvgIpc) is 2.43. The van der Waals surface area contributed by atoms with E-state index in [4.69, 9.17) is 10.8 Å². The second kappa shape index (κ2) is 5.54. The number of aromatic carboxylic acids is 1. The van der Waals surface area contributed by atoms with Crippen molar-refractivity contribution in [1.82, 2.24) is 0 Å². The summed E-state index contributed by atoms with van der Waals surface area (Å²) in [4.78, 5) is 22.9. The number of carbonyl (C=O) groups excluding carboxylic acids is 1. The topological polar surface area (TPSA) is 113 Å². The molecule has 0 aromatic heterocycles. The third-order valence-electron chi connectivity index (χ3n) is 3.01. The van der Waals surface area contributed by atoms with Gasteiger partial charge in [0.15, 0.2) is 0 Å². The number of phenolic OH excluding ortho intramolecular Hbond substituents is 1. The van der Waals surface area contributed by atoms with Crippen molar-refractivity contribution in [2.45, 2.75) is 6.92 Å². The van der Waals surface area contributed by atoms with E-state index in [9.17, 15) is 14.7 Å². The predicted octanol–water partition coefficient (Wildman–Crippen LogP) is 2.23. The van der Waals surface area contributed by atoms with E-state index in [0.29, 0.717) is 16.8 Å². The lowest BCUT2D eigenvalue weighted by atomic mass is 10.1. The van der Waals surface area contributed by atoms with Crippen LogP contribution in [0.1, 0.15) is 26.3 Å². The standard InChI is InChI=1S/C15H14N2O4/c1-8-6-9(3-5-13(8)18)14(19)17-12-4-2-10(15(20)21)7-11(12)16/h2-7,18H,16H2,1H3,(H,17,19)(H,20,21). The molecule has 0 unspecified atom stereocenters. The molecule has 0 aliphatic carbocycles. The second-order valence-corrected chi connectivity index (χ2v) is 4.56. The van der Waals surface area contributed by atoms with E-state index in [0.717, 1.165) is 0 Å². The van der Waals surface area contributed by atoms with Crippen LogP contribution in [0.2, 0.25) is 0 Å². The second-order valence-electron chi connectivity index (χ2n) is 4.56. The van der Waals surface area contributed by atoms with Gasteiger partial charge in [-0.25, -0.2) is 4.79 Å². The molecule has 0 spiro atoms. The Balaban J connectivity index is 2.23. The monoisotopic (exact) mass is 286 g/mol. The number of rotatable bonds is 3. The maximum Gasteiger partial charge on any atom is 0.335 e.